The van der Waals surface area contributed by atoms with Gasteiger partial charge in [-0.05, 0) is 38.1 Å². The van der Waals surface area contributed by atoms with Gasteiger partial charge >= 0.3 is 0 Å². The Bertz CT molecular complexity index is 964. The molecule has 0 spiro atoms. The number of hydrogen-bond donors (Lipinski definition) is 1. The zero-order chi connectivity index (χ0) is 20.6. The normalized spacial score (nSPS) is 10.7. The van der Waals surface area contributed by atoms with E-state index in [1.165, 1.54) is 11.8 Å². The first-order chi connectivity index (χ1) is 14.1. The Morgan fingerprint density at radius 2 is 2.07 bits per heavy atom. The Labute approximate surface area is 174 Å². The number of nitrogens with zero attached hydrogens (tertiary/aromatic N) is 5. The Kier molecular flexibility index (Phi) is 7.07. The number of aromatic nitrogens is 5. The van der Waals surface area contributed by atoms with Crippen LogP contribution in [0.3, 0.4) is 0 Å². The van der Waals surface area contributed by atoms with Crippen molar-refractivity contribution in [2.75, 3.05) is 17.7 Å². The summed E-state index contributed by atoms with van der Waals surface area (Å²) in [5.74, 6) is 1.58. The molecule has 1 aromatic carbocycles. The van der Waals surface area contributed by atoms with Crippen LogP contribution >= 0.6 is 11.8 Å². The Morgan fingerprint density at radius 3 is 2.72 bits per heavy atom. The second kappa shape index (κ2) is 9.92. The van der Waals surface area contributed by atoms with Crippen molar-refractivity contribution in [3.8, 4) is 17.1 Å². The largest absolute Gasteiger partial charge is 0.494 e. The first kappa shape index (κ1) is 20.7. The summed E-state index contributed by atoms with van der Waals surface area (Å²) < 4.78 is 9.17. The second-order valence-electron chi connectivity index (χ2n) is 6.08. The van der Waals surface area contributed by atoms with Gasteiger partial charge in [0.05, 0.1) is 24.1 Å². The van der Waals surface area contributed by atoms with E-state index in [1.807, 2.05) is 53.6 Å². The van der Waals surface area contributed by atoms with E-state index in [0.717, 1.165) is 23.5 Å². The van der Waals surface area contributed by atoms with Crippen LogP contribution < -0.4 is 10.1 Å². The predicted molar refractivity (Wildman–Crippen MR) is 114 cm³/mol. The number of anilines is 1. The summed E-state index contributed by atoms with van der Waals surface area (Å²) in [7, 11) is 0. The van der Waals surface area contributed by atoms with Gasteiger partial charge in [0.15, 0.2) is 11.0 Å². The van der Waals surface area contributed by atoms with E-state index in [-0.39, 0.29) is 11.7 Å². The lowest BCUT2D eigenvalue weighted by Gasteiger charge is -2.08. The molecule has 0 atom stereocenters. The number of carbonyl (C=O) groups is 1. The van der Waals surface area contributed by atoms with Crippen LogP contribution in [0.5, 0.6) is 5.75 Å². The number of carbonyl (C=O) groups excluding carboxylic acids is 1. The Morgan fingerprint density at radius 1 is 1.28 bits per heavy atom. The summed E-state index contributed by atoms with van der Waals surface area (Å²) in [5.41, 5.74) is 1.60. The van der Waals surface area contributed by atoms with E-state index in [2.05, 4.69) is 27.2 Å². The molecule has 0 radical (unpaired) electrons. The van der Waals surface area contributed by atoms with Crippen LogP contribution in [0.2, 0.25) is 0 Å². The molecular formula is C20H24N6O2S. The number of allylic oxidation sites excluding steroid dienone is 1. The third-order valence-electron chi connectivity index (χ3n) is 4.03. The molecule has 0 unspecified atom stereocenters. The van der Waals surface area contributed by atoms with Crippen LogP contribution in [0.25, 0.3) is 11.4 Å². The van der Waals surface area contributed by atoms with E-state index < -0.39 is 0 Å². The van der Waals surface area contributed by atoms with Gasteiger partial charge in [0.1, 0.15) is 5.75 Å². The Hall–Kier alpha value is -3.07. The van der Waals surface area contributed by atoms with E-state index in [4.69, 9.17) is 4.74 Å². The number of amides is 1. The van der Waals surface area contributed by atoms with Crippen LogP contribution in [-0.2, 0) is 17.9 Å². The molecule has 1 amide bonds. The van der Waals surface area contributed by atoms with Gasteiger partial charge in [-0.15, -0.1) is 16.8 Å². The average Bonchev–Trinajstić information content (AvgIpc) is 3.35. The average molecular weight is 413 g/mol. The number of benzene rings is 1. The van der Waals surface area contributed by atoms with Gasteiger partial charge in [0.2, 0.25) is 5.91 Å². The molecule has 2 heterocycles. The SMILES string of the molecule is C=CCn1c(SCC(=O)Nc2ccc(OCC)cc2)nnc1-c1cnn(CC)c1. The molecule has 1 N–H and O–H groups in total. The highest BCUT2D eigenvalue weighted by Gasteiger charge is 2.16. The Balaban J connectivity index is 1.65. The topological polar surface area (TPSA) is 86.9 Å². The van der Waals surface area contributed by atoms with Gasteiger partial charge in [-0.3, -0.25) is 14.0 Å². The first-order valence-electron chi connectivity index (χ1n) is 9.37. The highest BCUT2D eigenvalue weighted by molar-refractivity contribution is 7.99. The summed E-state index contributed by atoms with van der Waals surface area (Å²) in [5, 5.41) is 16.4. The molecule has 0 aliphatic rings. The van der Waals surface area contributed by atoms with Gasteiger partial charge in [0.25, 0.3) is 0 Å². The van der Waals surface area contributed by atoms with Crippen molar-refractivity contribution in [3.05, 3.63) is 49.3 Å². The first-order valence-corrected chi connectivity index (χ1v) is 10.4. The molecule has 29 heavy (non-hydrogen) atoms. The van der Waals surface area contributed by atoms with Crippen molar-refractivity contribution in [2.24, 2.45) is 0 Å². The highest BCUT2D eigenvalue weighted by atomic mass is 32.2. The lowest BCUT2D eigenvalue weighted by molar-refractivity contribution is -0.113. The minimum absolute atomic E-state index is 0.118. The number of hydrogen-bond acceptors (Lipinski definition) is 6. The van der Waals surface area contributed by atoms with Gasteiger partial charge < -0.3 is 10.1 Å². The van der Waals surface area contributed by atoms with Crippen molar-refractivity contribution in [1.29, 1.82) is 0 Å². The van der Waals surface area contributed by atoms with Crippen molar-refractivity contribution in [1.82, 2.24) is 24.5 Å². The van der Waals surface area contributed by atoms with Gasteiger partial charge in [0, 0.05) is 25.0 Å². The van der Waals surface area contributed by atoms with E-state index >= 15 is 0 Å². The summed E-state index contributed by atoms with van der Waals surface area (Å²) >= 11 is 1.33. The van der Waals surface area contributed by atoms with Crippen molar-refractivity contribution < 1.29 is 9.53 Å². The number of nitrogens with one attached hydrogen (secondary N) is 1. The molecule has 0 bridgehead atoms. The number of ether oxygens (including phenoxy) is 1. The molecule has 0 saturated heterocycles. The molecule has 3 aromatic rings. The molecule has 0 aliphatic heterocycles. The van der Waals surface area contributed by atoms with E-state index in [0.29, 0.717) is 24.1 Å². The van der Waals surface area contributed by atoms with Crippen LogP contribution in [0.1, 0.15) is 13.8 Å². The molecule has 152 valence electrons. The van der Waals surface area contributed by atoms with Crippen molar-refractivity contribution in [2.45, 2.75) is 32.1 Å². The molecular weight excluding hydrogens is 388 g/mol. The molecule has 0 fully saturated rings. The van der Waals surface area contributed by atoms with Crippen LogP contribution in [0, 0.1) is 0 Å². The maximum absolute atomic E-state index is 12.3. The molecule has 8 nitrogen and oxygen atoms in total. The fourth-order valence-electron chi connectivity index (χ4n) is 2.68. The fraction of sp³-hybridized carbons (Fsp3) is 0.300. The third kappa shape index (κ3) is 5.26. The summed E-state index contributed by atoms with van der Waals surface area (Å²) in [6, 6.07) is 7.29. The zero-order valence-corrected chi connectivity index (χ0v) is 17.4. The maximum Gasteiger partial charge on any atom is 0.234 e. The lowest BCUT2D eigenvalue weighted by atomic mass is 10.3. The molecule has 9 heteroatoms. The van der Waals surface area contributed by atoms with Crippen molar-refractivity contribution in [3.63, 3.8) is 0 Å². The number of thioether (sulfide) groups is 1. The van der Waals surface area contributed by atoms with Crippen LogP contribution in [0.15, 0.2) is 54.5 Å². The lowest BCUT2D eigenvalue weighted by Crippen LogP contribution is -2.14. The smallest absolute Gasteiger partial charge is 0.234 e. The standard InChI is InChI=1S/C20H24N6O2S/c1-4-11-26-19(15-12-21-25(5-2)13-15)23-24-20(26)29-14-18(27)22-16-7-9-17(10-8-16)28-6-3/h4,7-10,12-13H,1,5-6,11,14H2,2-3H3,(H,22,27). The van der Waals surface area contributed by atoms with Gasteiger partial charge in [-0.2, -0.15) is 5.10 Å². The second-order valence-corrected chi connectivity index (χ2v) is 7.03. The van der Waals surface area contributed by atoms with Gasteiger partial charge in [-0.1, -0.05) is 17.8 Å². The monoisotopic (exact) mass is 412 g/mol. The minimum Gasteiger partial charge on any atom is -0.494 e. The fourth-order valence-corrected chi connectivity index (χ4v) is 3.43. The zero-order valence-electron chi connectivity index (χ0n) is 16.5. The van der Waals surface area contributed by atoms with Crippen LogP contribution in [0.4, 0.5) is 5.69 Å². The van der Waals surface area contributed by atoms with E-state index in [9.17, 15) is 4.79 Å². The van der Waals surface area contributed by atoms with Crippen LogP contribution in [-0.4, -0.2) is 42.8 Å². The van der Waals surface area contributed by atoms with Gasteiger partial charge in [-0.25, -0.2) is 0 Å². The molecule has 0 aliphatic carbocycles. The van der Waals surface area contributed by atoms with Crippen molar-refractivity contribution >= 4 is 23.4 Å². The number of rotatable bonds is 10. The molecule has 3 rings (SSSR count). The predicted octanol–water partition coefficient (Wildman–Crippen LogP) is 3.48. The number of aryl methyl sites for hydroxylation is 1. The summed E-state index contributed by atoms with van der Waals surface area (Å²) in [4.78, 5) is 12.3. The summed E-state index contributed by atoms with van der Waals surface area (Å²) in [6.45, 7) is 9.69. The maximum atomic E-state index is 12.3. The molecule has 0 saturated carbocycles. The third-order valence-corrected chi connectivity index (χ3v) is 4.99. The molecule has 2 aromatic heterocycles. The quantitative estimate of drug-likeness (QED) is 0.405. The highest BCUT2D eigenvalue weighted by Crippen LogP contribution is 2.24. The van der Waals surface area contributed by atoms with E-state index in [1.54, 1.807) is 12.3 Å². The summed E-state index contributed by atoms with van der Waals surface area (Å²) in [6.07, 6.45) is 5.47. The minimum atomic E-state index is -0.118.